The molecule has 0 aromatic carbocycles. The molecule has 1 aromatic heterocycles. The molecule has 19 heavy (non-hydrogen) atoms. The zero-order chi connectivity index (χ0) is 13.9. The number of hydrogen-bond donors (Lipinski definition) is 1. The molecule has 1 heterocycles. The molecule has 1 atom stereocenters. The van der Waals surface area contributed by atoms with Gasteiger partial charge in [-0.05, 0) is 26.2 Å². The van der Waals surface area contributed by atoms with Gasteiger partial charge in [0.05, 0.1) is 13.3 Å². The van der Waals surface area contributed by atoms with Crippen LogP contribution in [0.5, 0.6) is 0 Å². The van der Waals surface area contributed by atoms with Crippen LogP contribution in [0.1, 0.15) is 26.2 Å². The lowest BCUT2D eigenvalue weighted by atomic mass is 9.99. The summed E-state index contributed by atoms with van der Waals surface area (Å²) in [6, 6.07) is 0.479. The Labute approximate surface area is 118 Å². The summed E-state index contributed by atoms with van der Waals surface area (Å²) in [7, 11) is 3.35. The molecule has 1 fully saturated rings. The van der Waals surface area contributed by atoms with Crippen molar-refractivity contribution in [3.05, 3.63) is 12.4 Å². The van der Waals surface area contributed by atoms with Crippen molar-refractivity contribution in [1.29, 1.82) is 0 Å². The molecule has 5 nitrogen and oxygen atoms in total. The molecule has 0 radical (unpaired) electrons. The number of nitrogens with one attached hydrogen (secondary N) is 1. The Bertz CT molecular complexity index is 445. The zero-order valence-corrected chi connectivity index (χ0v) is 12.5. The average Bonchev–Trinajstić information content (AvgIpc) is 3.09. The van der Waals surface area contributed by atoms with E-state index in [-0.39, 0.29) is 5.97 Å². The van der Waals surface area contributed by atoms with Gasteiger partial charge in [0.25, 0.3) is 0 Å². The topological polar surface area (TPSA) is 56.1 Å². The Hall–Kier alpha value is -1.01. The number of esters is 1. The van der Waals surface area contributed by atoms with Crippen molar-refractivity contribution in [3.8, 4) is 0 Å². The Kier molecular flexibility index (Phi) is 4.52. The van der Waals surface area contributed by atoms with Crippen molar-refractivity contribution in [2.45, 2.75) is 42.7 Å². The summed E-state index contributed by atoms with van der Waals surface area (Å²) in [5, 5.41) is 7.53. The number of rotatable bonds is 7. The van der Waals surface area contributed by atoms with Gasteiger partial charge in [-0.25, -0.2) is 0 Å². The lowest BCUT2D eigenvalue weighted by molar-refractivity contribution is -0.148. The fraction of sp³-hybridized carbons (Fsp3) is 0.692. The van der Waals surface area contributed by atoms with Crippen LogP contribution in [0, 0.1) is 0 Å². The predicted octanol–water partition coefficient (Wildman–Crippen LogP) is 1.59. The maximum atomic E-state index is 11.9. The lowest BCUT2D eigenvalue weighted by Gasteiger charge is -2.27. The highest BCUT2D eigenvalue weighted by molar-refractivity contribution is 7.99. The molecule has 1 aliphatic carbocycles. The van der Waals surface area contributed by atoms with Crippen LogP contribution >= 0.6 is 11.8 Å². The van der Waals surface area contributed by atoms with Crippen molar-refractivity contribution in [2.75, 3.05) is 12.9 Å². The van der Waals surface area contributed by atoms with Gasteiger partial charge in [-0.2, -0.15) is 5.10 Å². The summed E-state index contributed by atoms with van der Waals surface area (Å²) in [6.45, 7) is 1.93. The van der Waals surface area contributed by atoms with E-state index in [4.69, 9.17) is 4.74 Å². The van der Waals surface area contributed by atoms with Crippen LogP contribution in [-0.2, 0) is 16.6 Å². The van der Waals surface area contributed by atoms with E-state index in [1.807, 2.05) is 26.4 Å². The van der Waals surface area contributed by atoms with Gasteiger partial charge in [0, 0.05) is 29.9 Å². The van der Waals surface area contributed by atoms with Crippen LogP contribution in [0.15, 0.2) is 17.3 Å². The molecule has 0 saturated heterocycles. The van der Waals surface area contributed by atoms with Crippen molar-refractivity contribution in [3.63, 3.8) is 0 Å². The van der Waals surface area contributed by atoms with Gasteiger partial charge in [-0.3, -0.25) is 14.8 Å². The van der Waals surface area contributed by atoms with Gasteiger partial charge in [0.1, 0.15) is 5.54 Å². The highest BCUT2D eigenvalue weighted by Gasteiger charge is 2.38. The van der Waals surface area contributed by atoms with Crippen LogP contribution in [0.2, 0.25) is 0 Å². The normalized spacial score (nSPS) is 18.1. The molecule has 0 bridgehead atoms. The SMILES string of the molecule is COC(=O)C(C)(CCSc1cnn(C)c1)NC1CC1. The first-order chi connectivity index (χ1) is 9.03. The first kappa shape index (κ1) is 14.4. The van der Waals surface area contributed by atoms with E-state index in [1.165, 1.54) is 7.11 Å². The van der Waals surface area contributed by atoms with E-state index in [0.29, 0.717) is 6.04 Å². The quantitative estimate of drug-likeness (QED) is 0.608. The summed E-state index contributed by atoms with van der Waals surface area (Å²) in [4.78, 5) is 13.1. The monoisotopic (exact) mass is 283 g/mol. The summed E-state index contributed by atoms with van der Waals surface area (Å²) in [6.07, 6.45) is 6.88. The maximum absolute atomic E-state index is 11.9. The Morgan fingerprint density at radius 2 is 2.42 bits per heavy atom. The van der Waals surface area contributed by atoms with E-state index in [0.717, 1.165) is 29.9 Å². The fourth-order valence-corrected chi connectivity index (χ4v) is 3.08. The minimum atomic E-state index is -0.578. The van der Waals surface area contributed by atoms with E-state index >= 15 is 0 Å². The van der Waals surface area contributed by atoms with E-state index in [2.05, 4.69) is 10.4 Å². The number of methoxy groups -OCH3 is 1. The Morgan fingerprint density at radius 1 is 1.68 bits per heavy atom. The second-order valence-corrected chi connectivity index (χ2v) is 6.36. The third-order valence-electron chi connectivity index (χ3n) is 3.29. The molecule has 1 aliphatic rings. The van der Waals surface area contributed by atoms with Crippen molar-refractivity contribution < 1.29 is 9.53 Å². The molecule has 0 aliphatic heterocycles. The molecule has 0 amide bonds. The number of carbonyl (C=O) groups is 1. The fourth-order valence-electron chi connectivity index (χ4n) is 1.98. The second-order valence-electron chi connectivity index (χ2n) is 5.19. The Morgan fingerprint density at radius 3 is 2.95 bits per heavy atom. The van der Waals surface area contributed by atoms with Crippen molar-refractivity contribution in [2.24, 2.45) is 7.05 Å². The summed E-state index contributed by atoms with van der Waals surface area (Å²) < 4.78 is 6.71. The van der Waals surface area contributed by atoms with Crippen LogP contribution in [0.25, 0.3) is 0 Å². The van der Waals surface area contributed by atoms with Gasteiger partial charge in [0.15, 0.2) is 0 Å². The molecular weight excluding hydrogens is 262 g/mol. The van der Waals surface area contributed by atoms with Crippen LogP contribution in [-0.4, -0.2) is 40.2 Å². The minimum absolute atomic E-state index is 0.175. The van der Waals surface area contributed by atoms with E-state index in [1.54, 1.807) is 16.4 Å². The lowest BCUT2D eigenvalue weighted by Crippen LogP contribution is -2.51. The number of aryl methyl sites for hydroxylation is 1. The summed E-state index contributed by atoms with van der Waals surface area (Å²) in [5.41, 5.74) is -0.578. The van der Waals surface area contributed by atoms with E-state index in [9.17, 15) is 4.79 Å². The molecule has 6 heteroatoms. The van der Waals surface area contributed by atoms with Crippen LogP contribution in [0.4, 0.5) is 0 Å². The maximum Gasteiger partial charge on any atom is 0.325 e. The van der Waals surface area contributed by atoms with Crippen molar-refractivity contribution >= 4 is 17.7 Å². The van der Waals surface area contributed by atoms with Crippen LogP contribution in [0.3, 0.4) is 0 Å². The molecule has 1 N–H and O–H groups in total. The highest BCUT2D eigenvalue weighted by atomic mass is 32.2. The molecule has 1 aromatic rings. The van der Waals surface area contributed by atoms with Gasteiger partial charge >= 0.3 is 5.97 Å². The predicted molar refractivity (Wildman–Crippen MR) is 75.1 cm³/mol. The molecule has 1 saturated carbocycles. The van der Waals surface area contributed by atoms with Gasteiger partial charge in [-0.15, -0.1) is 11.8 Å². The average molecular weight is 283 g/mol. The number of hydrogen-bond acceptors (Lipinski definition) is 5. The van der Waals surface area contributed by atoms with Gasteiger partial charge in [-0.1, -0.05) is 0 Å². The molecule has 0 spiro atoms. The first-order valence-corrected chi connectivity index (χ1v) is 7.49. The molecule has 106 valence electrons. The smallest absolute Gasteiger partial charge is 0.325 e. The zero-order valence-electron chi connectivity index (χ0n) is 11.7. The third kappa shape index (κ3) is 3.98. The van der Waals surface area contributed by atoms with Crippen LogP contribution < -0.4 is 5.32 Å². The van der Waals surface area contributed by atoms with E-state index < -0.39 is 5.54 Å². The first-order valence-electron chi connectivity index (χ1n) is 6.51. The summed E-state index contributed by atoms with van der Waals surface area (Å²) in [5.74, 6) is 0.683. The number of ether oxygens (including phenoxy) is 1. The Balaban J connectivity index is 1.86. The van der Waals surface area contributed by atoms with Crippen molar-refractivity contribution in [1.82, 2.24) is 15.1 Å². The summed E-state index contributed by atoms with van der Waals surface area (Å²) >= 11 is 1.71. The van der Waals surface area contributed by atoms with Gasteiger partial charge in [0.2, 0.25) is 0 Å². The number of carbonyl (C=O) groups excluding carboxylic acids is 1. The minimum Gasteiger partial charge on any atom is -0.468 e. The standard InChI is InChI=1S/C13H21N3O2S/c1-13(12(17)18-3,15-10-4-5-10)6-7-19-11-8-14-16(2)9-11/h8-10,15H,4-7H2,1-3H3. The number of thioether (sulfide) groups is 1. The number of aromatic nitrogens is 2. The second kappa shape index (κ2) is 5.96. The number of nitrogens with zero attached hydrogens (tertiary/aromatic N) is 2. The largest absolute Gasteiger partial charge is 0.468 e. The highest BCUT2D eigenvalue weighted by Crippen LogP contribution is 2.27. The molecule has 2 rings (SSSR count). The van der Waals surface area contributed by atoms with Gasteiger partial charge < -0.3 is 4.74 Å². The third-order valence-corrected chi connectivity index (χ3v) is 4.24. The molecular formula is C13H21N3O2S. The molecule has 1 unspecified atom stereocenters.